The van der Waals surface area contributed by atoms with Crippen molar-refractivity contribution in [2.45, 2.75) is 25.9 Å². The fourth-order valence-corrected chi connectivity index (χ4v) is 3.14. The lowest BCUT2D eigenvalue weighted by Crippen LogP contribution is -2.48. The van der Waals surface area contributed by atoms with Crippen LogP contribution in [-0.2, 0) is 6.42 Å². The van der Waals surface area contributed by atoms with Crippen LogP contribution in [-0.4, -0.2) is 70.2 Å². The highest BCUT2D eigenvalue weighted by molar-refractivity contribution is 5.77. The summed E-state index contributed by atoms with van der Waals surface area (Å²) < 4.78 is 0. The second-order valence-electron chi connectivity index (χ2n) is 6.48. The van der Waals surface area contributed by atoms with Gasteiger partial charge in [0.05, 0.1) is 17.0 Å². The third-order valence-electron chi connectivity index (χ3n) is 4.73. The Labute approximate surface area is 142 Å². The number of hydrogen-bond donors (Lipinski definition) is 2. The first-order valence-corrected chi connectivity index (χ1v) is 8.76. The molecule has 0 saturated carbocycles. The van der Waals surface area contributed by atoms with Gasteiger partial charge in [-0.25, -0.2) is 4.98 Å². The van der Waals surface area contributed by atoms with E-state index in [0.717, 1.165) is 63.5 Å². The van der Waals surface area contributed by atoms with E-state index in [0.29, 0.717) is 5.39 Å². The average Bonchev–Trinajstić information content (AvgIpc) is 2.61. The number of β-amino-alcohol motifs (C(OH)–C–C–N with tert-alkyl or cyclic N) is 1. The minimum Gasteiger partial charge on any atom is -0.392 e. The van der Waals surface area contributed by atoms with Crippen molar-refractivity contribution < 1.29 is 5.11 Å². The van der Waals surface area contributed by atoms with Gasteiger partial charge in [-0.2, -0.15) is 0 Å². The van der Waals surface area contributed by atoms with Crippen LogP contribution in [0.2, 0.25) is 0 Å². The summed E-state index contributed by atoms with van der Waals surface area (Å²) in [5.74, 6) is 0.752. The van der Waals surface area contributed by atoms with Gasteiger partial charge in [0, 0.05) is 45.7 Å². The van der Waals surface area contributed by atoms with Crippen LogP contribution in [0.1, 0.15) is 19.2 Å². The van der Waals surface area contributed by atoms with Gasteiger partial charge in [-0.1, -0.05) is 19.1 Å². The van der Waals surface area contributed by atoms with Crippen LogP contribution in [0.25, 0.3) is 10.9 Å². The second kappa shape index (κ2) is 7.88. The standard InChI is InChI=1S/C18H26N4O2/c1-2-14(23)13-22-11-9-21(10-12-22)8-7-17-19-16-6-4-3-5-15(16)18(24)20-17/h3-6,14,23H,2,7-13H2,1H3,(H,19,20,24). The molecule has 0 aliphatic carbocycles. The molecule has 0 radical (unpaired) electrons. The van der Waals surface area contributed by atoms with Crippen LogP contribution in [0, 0.1) is 0 Å². The molecule has 1 aromatic heterocycles. The predicted molar refractivity (Wildman–Crippen MR) is 95.2 cm³/mol. The van der Waals surface area contributed by atoms with Crippen LogP contribution in [0.3, 0.4) is 0 Å². The molecule has 1 saturated heterocycles. The fourth-order valence-electron chi connectivity index (χ4n) is 3.14. The number of nitrogens with one attached hydrogen (secondary N) is 1. The van der Waals surface area contributed by atoms with Crippen molar-refractivity contribution in [2.75, 3.05) is 39.3 Å². The molecular formula is C18H26N4O2. The summed E-state index contributed by atoms with van der Waals surface area (Å²) in [6, 6.07) is 7.44. The van der Waals surface area contributed by atoms with Crippen molar-refractivity contribution in [1.82, 2.24) is 19.8 Å². The first kappa shape index (κ1) is 17.1. The smallest absolute Gasteiger partial charge is 0.258 e. The summed E-state index contributed by atoms with van der Waals surface area (Å²) in [4.78, 5) is 24.3. The Kier molecular flexibility index (Phi) is 5.60. The SMILES string of the molecule is CCC(O)CN1CCN(CCc2nc3ccccc3c(=O)[nH]2)CC1. The first-order valence-electron chi connectivity index (χ1n) is 8.76. The van der Waals surface area contributed by atoms with Gasteiger partial charge >= 0.3 is 0 Å². The predicted octanol–water partition coefficient (Wildman–Crippen LogP) is 0.854. The Hall–Kier alpha value is -1.76. The van der Waals surface area contributed by atoms with Crippen molar-refractivity contribution in [3.63, 3.8) is 0 Å². The summed E-state index contributed by atoms with van der Waals surface area (Å²) in [5, 5.41) is 10.4. The van der Waals surface area contributed by atoms with Gasteiger partial charge < -0.3 is 15.0 Å². The third-order valence-corrected chi connectivity index (χ3v) is 4.73. The van der Waals surface area contributed by atoms with E-state index in [1.807, 2.05) is 25.1 Å². The number of aliphatic hydroxyl groups excluding tert-OH is 1. The number of nitrogens with zero attached hydrogens (tertiary/aromatic N) is 3. The van der Waals surface area contributed by atoms with Crippen LogP contribution < -0.4 is 5.56 Å². The molecule has 1 aliphatic rings. The van der Waals surface area contributed by atoms with Crippen LogP contribution >= 0.6 is 0 Å². The number of hydrogen-bond acceptors (Lipinski definition) is 5. The number of aromatic amines is 1. The summed E-state index contributed by atoms with van der Waals surface area (Å²) >= 11 is 0. The molecule has 0 bridgehead atoms. The molecule has 130 valence electrons. The molecule has 2 aromatic rings. The Balaban J connectivity index is 1.53. The Morgan fingerprint density at radius 2 is 1.92 bits per heavy atom. The summed E-state index contributed by atoms with van der Waals surface area (Å²) in [5.41, 5.74) is 0.698. The number of fused-ring (bicyclic) bond motifs is 1. The topological polar surface area (TPSA) is 72.5 Å². The average molecular weight is 330 g/mol. The van der Waals surface area contributed by atoms with E-state index in [1.54, 1.807) is 6.07 Å². The summed E-state index contributed by atoms with van der Waals surface area (Å²) in [7, 11) is 0. The molecule has 6 nitrogen and oxygen atoms in total. The van der Waals surface area contributed by atoms with Crippen LogP contribution in [0.4, 0.5) is 0 Å². The molecule has 1 unspecified atom stereocenters. The quantitative estimate of drug-likeness (QED) is 0.822. The normalized spacial score (nSPS) is 18.1. The lowest BCUT2D eigenvalue weighted by molar-refractivity contribution is 0.0713. The molecule has 0 spiro atoms. The molecule has 1 fully saturated rings. The van der Waals surface area contributed by atoms with Gasteiger partial charge in [0.25, 0.3) is 5.56 Å². The van der Waals surface area contributed by atoms with Crippen molar-refractivity contribution >= 4 is 10.9 Å². The molecule has 1 aliphatic heterocycles. The van der Waals surface area contributed by atoms with E-state index in [1.165, 1.54) is 0 Å². The maximum absolute atomic E-state index is 12.1. The number of H-pyrrole nitrogens is 1. The lowest BCUT2D eigenvalue weighted by Gasteiger charge is -2.35. The number of para-hydroxylation sites is 1. The highest BCUT2D eigenvalue weighted by Crippen LogP contribution is 2.08. The third kappa shape index (κ3) is 4.20. The van der Waals surface area contributed by atoms with Gasteiger partial charge in [0.1, 0.15) is 5.82 Å². The maximum atomic E-state index is 12.1. The largest absolute Gasteiger partial charge is 0.392 e. The zero-order chi connectivity index (χ0) is 16.9. The highest BCUT2D eigenvalue weighted by Gasteiger charge is 2.18. The van der Waals surface area contributed by atoms with Crippen molar-refractivity contribution in [2.24, 2.45) is 0 Å². The number of rotatable bonds is 6. The number of piperazine rings is 1. The van der Waals surface area contributed by atoms with E-state index in [-0.39, 0.29) is 11.7 Å². The molecule has 24 heavy (non-hydrogen) atoms. The van der Waals surface area contributed by atoms with Crippen LogP contribution in [0.5, 0.6) is 0 Å². The molecule has 3 rings (SSSR count). The molecule has 1 aromatic carbocycles. The van der Waals surface area contributed by atoms with Gasteiger partial charge in [-0.05, 0) is 18.6 Å². The second-order valence-corrected chi connectivity index (χ2v) is 6.48. The maximum Gasteiger partial charge on any atom is 0.258 e. The van der Waals surface area contributed by atoms with E-state index < -0.39 is 0 Å². The number of benzene rings is 1. The fraction of sp³-hybridized carbons (Fsp3) is 0.556. The van der Waals surface area contributed by atoms with Gasteiger partial charge in [-0.15, -0.1) is 0 Å². The van der Waals surface area contributed by atoms with E-state index in [4.69, 9.17) is 0 Å². The molecule has 0 amide bonds. The van der Waals surface area contributed by atoms with Crippen molar-refractivity contribution in [1.29, 1.82) is 0 Å². The van der Waals surface area contributed by atoms with Gasteiger partial charge in [0.2, 0.25) is 0 Å². The molecular weight excluding hydrogens is 304 g/mol. The van der Waals surface area contributed by atoms with Crippen LogP contribution in [0.15, 0.2) is 29.1 Å². The zero-order valence-corrected chi connectivity index (χ0v) is 14.2. The highest BCUT2D eigenvalue weighted by atomic mass is 16.3. The number of aromatic nitrogens is 2. The van der Waals surface area contributed by atoms with E-state index in [9.17, 15) is 9.90 Å². The Bertz CT molecular complexity index is 722. The molecule has 2 N–H and O–H groups in total. The van der Waals surface area contributed by atoms with Crippen molar-refractivity contribution in [3.8, 4) is 0 Å². The Morgan fingerprint density at radius 3 is 2.67 bits per heavy atom. The molecule has 1 atom stereocenters. The van der Waals surface area contributed by atoms with Crippen molar-refractivity contribution in [3.05, 3.63) is 40.4 Å². The molecule has 2 heterocycles. The monoisotopic (exact) mass is 330 g/mol. The molecule has 6 heteroatoms. The lowest BCUT2D eigenvalue weighted by atomic mass is 10.2. The minimum absolute atomic E-state index is 0.0611. The van der Waals surface area contributed by atoms with E-state index in [2.05, 4.69) is 19.8 Å². The summed E-state index contributed by atoms with van der Waals surface area (Å²) in [6.07, 6.45) is 1.34. The van der Waals surface area contributed by atoms with Gasteiger partial charge in [0.15, 0.2) is 0 Å². The summed E-state index contributed by atoms with van der Waals surface area (Å²) in [6.45, 7) is 7.63. The zero-order valence-electron chi connectivity index (χ0n) is 14.2. The first-order chi connectivity index (χ1) is 11.7. The van der Waals surface area contributed by atoms with E-state index >= 15 is 0 Å². The minimum atomic E-state index is -0.219. The number of aliphatic hydroxyl groups is 1. The Morgan fingerprint density at radius 1 is 1.21 bits per heavy atom. The van der Waals surface area contributed by atoms with Gasteiger partial charge in [-0.3, -0.25) is 9.69 Å².